The third-order valence-corrected chi connectivity index (χ3v) is 7.53. The molecule has 43 heavy (non-hydrogen) atoms. The molecular weight excluding hydrogens is 591 g/mol. The Bertz CT molecular complexity index is 1430. The fraction of sp³-hybridized carbons (Fsp3) is 0.444. The molecule has 0 bridgehead atoms. The lowest BCUT2D eigenvalue weighted by Gasteiger charge is -2.38. The van der Waals surface area contributed by atoms with Crippen molar-refractivity contribution >= 4 is 46.4 Å². The predicted molar refractivity (Wildman–Crippen MR) is 156 cm³/mol. The molecule has 2 heterocycles. The molecule has 4 amide bonds. The van der Waals surface area contributed by atoms with Crippen molar-refractivity contribution in [1.82, 2.24) is 30.1 Å². The van der Waals surface area contributed by atoms with Gasteiger partial charge in [0, 0.05) is 63.1 Å². The van der Waals surface area contributed by atoms with Crippen molar-refractivity contribution in [2.75, 3.05) is 38.0 Å². The van der Waals surface area contributed by atoms with Crippen LogP contribution >= 0.6 is 11.6 Å². The highest BCUT2D eigenvalue weighted by Gasteiger charge is 2.39. The number of nitrogens with two attached hydrogens (primary N) is 1. The molecule has 2 fully saturated rings. The zero-order valence-electron chi connectivity index (χ0n) is 23.7. The van der Waals surface area contributed by atoms with Crippen molar-refractivity contribution in [2.45, 2.75) is 38.0 Å². The second-order valence-corrected chi connectivity index (χ2v) is 10.7. The van der Waals surface area contributed by atoms with Crippen LogP contribution in [-0.4, -0.2) is 93.9 Å². The maximum Gasteiger partial charge on any atom is 0.435 e. The van der Waals surface area contributed by atoms with Crippen LogP contribution in [0.15, 0.2) is 36.1 Å². The highest BCUT2D eigenvalue weighted by atomic mass is 35.5. The summed E-state index contributed by atoms with van der Waals surface area (Å²) in [5.41, 5.74) is 6.76. The minimum Gasteiger partial charge on any atom is -0.335 e. The summed E-state index contributed by atoms with van der Waals surface area (Å²) in [6.45, 7) is 6.66. The van der Waals surface area contributed by atoms with Crippen LogP contribution in [-0.2, 0) is 7.05 Å². The van der Waals surface area contributed by atoms with Crippen molar-refractivity contribution in [1.29, 1.82) is 0 Å². The molecule has 0 radical (unpaired) electrons. The zero-order valence-corrected chi connectivity index (χ0v) is 24.4. The van der Waals surface area contributed by atoms with E-state index in [1.807, 2.05) is 0 Å². The lowest BCUT2D eigenvalue weighted by atomic mass is 9.88. The minimum atomic E-state index is -4.78. The first kappa shape index (κ1) is 31.8. The van der Waals surface area contributed by atoms with Crippen LogP contribution in [0, 0.1) is 0 Å². The first-order valence-corrected chi connectivity index (χ1v) is 14.0. The second kappa shape index (κ2) is 13.0. The average Bonchev–Trinajstić information content (AvgIpc) is 3.32. The number of aromatic nitrogens is 2. The third-order valence-electron chi connectivity index (χ3n) is 7.22. The number of anilines is 1. The number of hydrazone groups is 1. The van der Waals surface area contributed by atoms with E-state index in [9.17, 15) is 27.6 Å². The number of carbonyl (C=O) groups is 3. The molecule has 16 heteroatoms. The van der Waals surface area contributed by atoms with E-state index >= 15 is 0 Å². The van der Waals surface area contributed by atoms with Gasteiger partial charge in [-0.25, -0.2) is 9.78 Å². The number of urea groups is 1. The van der Waals surface area contributed by atoms with E-state index in [-0.39, 0.29) is 58.4 Å². The van der Waals surface area contributed by atoms with Gasteiger partial charge in [0.1, 0.15) is 0 Å². The van der Waals surface area contributed by atoms with E-state index < -0.39 is 23.4 Å². The van der Waals surface area contributed by atoms with Gasteiger partial charge < -0.3 is 36.2 Å². The highest BCUT2D eigenvalue weighted by Crippen LogP contribution is 2.28. The Labute approximate surface area is 251 Å². The van der Waals surface area contributed by atoms with Crippen molar-refractivity contribution in [3.05, 3.63) is 53.1 Å². The van der Waals surface area contributed by atoms with Crippen LogP contribution in [0.1, 0.15) is 46.4 Å². The van der Waals surface area contributed by atoms with E-state index in [4.69, 9.17) is 17.3 Å². The first-order chi connectivity index (χ1) is 20.3. The zero-order chi connectivity index (χ0) is 31.5. The molecule has 1 aliphatic carbocycles. The molecule has 0 atom stereocenters. The normalized spacial score (nSPS) is 19.0. The van der Waals surface area contributed by atoms with Gasteiger partial charge in [-0.15, -0.1) is 0 Å². The molecule has 1 aromatic carbocycles. The molecule has 1 saturated heterocycles. The van der Waals surface area contributed by atoms with Crippen LogP contribution in [0.3, 0.4) is 0 Å². The summed E-state index contributed by atoms with van der Waals surface area (Å²) >= 11 is 6.40. The molecule has 4 rings (SSSR count). The Morgan fingerprint density at radius 1 is 1.16 bits per heavy atom. The summed E-state index contributed by atoms with van der Waals surface area (Å²) in [6, 6.07) is 4.39. The van der Waals surface area contributed by atoms with Crippen LogP contribution < -0.4 is 21.8 Å². The molecule has 1 aromatic heterocycles. The Hall–Kier alpha value is -4.11. The summed E-state index contributed by atoms with van der Waals surface area (Å²) in [4.78, 5) is 45.7. The number of hydrogen-bond acceptors (Lipinski definition) is 7. The van der Waals surface area contributed by atoms with Gasteiger partial charge in [0.25, 0.3) is 11.8 Å². The van der Waals surface area contributed by atoms with E-state index in [1.54, 1.807) is 16.7 Å². The number of nitrogens with zero attached hydrogens (tertiary/aromatic N) is 5. The molecule has 0 unspecified atom stereocenters. The molecule has 1 saturated carbocycles. The van der Waals surface area contributed by atoms with Gasteiger partial charge in [-0.1, -0.05) is 18.2 Å². The summed E-state index contributed by atoms with van der Waals surface area (Å²) < 4.78 is 41.7. The van der Waals surface area contributed by atoms with E-state index in [0.717, 1.165) is 19.0 Å². The standard InChI is InChI=1S/C27H33ClF3N9O3/c1-4-34-37-22(27(29,30)31)15(2)21-14-33-23(38(21)3)24(41)35-17-5-6-19(20(28)13-17)25(42)39-7-9-40(10-8-39)26(43)36-18-11-16(32)12-18/h5-6,13-14,16,18,34H,2,4,7-12,32H2,1,3H3,(H,35,41)(H,36,43)/b37-22+. The fourth-order valence-corrected chi connectivity index (χ4v) is 5.03. The number of allylic oxidation sites excluding steroid dienone is 1. The molecular formula is C27H33ClF3N9O3. The predicted octanol–water partition coefficient (Wildman–Crippen LogP) is 2.82. The summed E-state index contributed by atoms with van der Waals surface area (Å²) in [5.74, 6) is -1.22. The topological polar surface area (TPSA) is 150 Å². The minimum absolute atomic E-state index is 0.0529. The lowest BCUT2D eigenvalue weighted by Crippen LogP contribution is -2.57. The van der Waals surface area contributed by atoms with Crippen molar-refractivity contribution in [2.24, 2.45) is 17.9 Å². The Morgan fingerprint density at radius 2 is 1.81 bits per heavy atom. The highest BCUT2D eigenvalue weighted by molar-refractivity contribution is 6.34. The van der Waals surface area contributed by atoms with Gasteiger partial charge in [0.15, 0.2) is 11.5 Å². The number of imidazole rings is 1. The van der Waals surface area contributed by atoms with E-state index in [1.165, 1.54) is 29.8 Å². The SMILES string of the molecule is C=C(/C(=N\NCC)C(F)(F)F)c1cnc(C(=O)Nc2ccc(C(=O)N3CCN(C(=O)NC4CC(N)C4)CC3)c(Cl)c2)n1C. The number of alkyl halides is 3. The average molecular weight is 624 g/mol. The Balaban J connectivity index is 1.37. The third kappa shape index (κ3) is 7.28. The lowest BCUT2D eigenvalue weighted by molar-refractivity contribution is -0.0575. The van der Waals surface area contributed by atoms with Crippen LogP contribution in [0.2, 0.25) is 5.02 Å². The fourth-order valence-electron chi connectivity index (χ4n) is 4.76. The maximum absolute atomic E-state index is 13.5. The molecule has 2 aliphatic rings. The molecule has 2 aromatic rings. The largest absolute Gasteiger partial charge is 0.435 e. The summed E-state index contributed by atoms with van der Waals surface area (Å²) in [5, 5.41) is 9.01. The van der Waals surface area contributed by atoms with Gasteiger partial charge >= 0.3 is 12.2 Å². The number of benzene rings is 1. The molecule has 5 N–H and O–H groups in total. The van der Waals surface area contributed by atoms with Crippen molar-refractivity contribution in [3.63, 3.8) is 0 Å². The number of rotatable bonds is 8. The van der Waals surface area contributed by atoms with Gasteiger partial charge in [-0.2, -0.15) is 18.3 Å². The number of hydrogen-bond donors (Lipinski definition) is 4. The first-order valence-electron chi connectivity index (χ1n) is 13.6. The maximum atomic E-state index is 13.5. The van der Waals surface area contributed by atoms with Gasteiger partial charge in [-0.05, 0) is 38.0 Å². The number of nitrogens with one attached hydrogen (secondary N) is 3. The quantitative estimate of drug-likeness (QED) is 0.262. The number of halogens is 4. The smallest absolute Gasteiger partial charge is 0.335 e. The number of carbonyl (C=O) groups excluding carboxylic acids is 3. The summed E-state index contributed by atoms with van der Waals surface area (Å²) in [6.07, 6.45) is -2.17. The number of piperazine rings is 1. The molecule has 0 spiro atoms. The number of amides is 4. The molecule has 1 aliphatic heterocycles. The molecule has 12 nitrogen and oxygen atoms in total. The second-order valence-electron chi connectivity index (χ2n) is 10.3. The van der Waals surface area contributed by atoms with E-state index in [2.05, 4.69) is 32.7 Å². The monoisotopic (exact) mass is 623 g/mol. The van der Waals surface area contributed by atoms with Gasteiger partial charge in [0.05, 0.1) is 22.5 Å². The van der Waals surface area contributed by atoms with Gasteiger partial charge in [-0.3, -0.25) is 9.59 Å². The van der Waals surface area contributed by atoms with Gasteiger partial charge in [0.2, 0.25) is 0 Å². The van der Waals surface area contributed by atoms with Crippen LogP contribution in [0.5, 0.6) is 0 Å². The van der Waals surface area contributed by atoms with Crippen LogP contribution in [0.4, 0.5) is 23.7 Å². The van der Waals surface area contributed by atoms with Crippen LogP contribution in [0.25, 0.3) is 5.57 Å². The Kier molecular flexibility index (Phi) is 9.65. The van der Waals surface area contributed by atoms with E-state index in [0.29, 0.717) is 26.2 Å². The molecule has 232 valence electrons. The Morgan fingerprint density at radius 3 is 2.40 bits per heavy atom. The van der Waals surface area contributed by atoms with Crippen molar-refractivity contribution in [3.8, 4) is 0 Å². The van der Waals surface area contributed by atoms with Crippen molar-refractivity contribution < 1.29 is 27.6 Å². The summed E-state index contributed by atoms with van der Waals surface area (Å²) in [7, 11) is 1.38.